The minimum absolute atomic E-state index is 0.00712. The van der Waals surface area contributed by atoms with Crippen LogP contribution in [0.4, 0.5) is 0 Å². The van der Waals surface area contributed by atoms with Crippen molar-refractivity contribution in [2.75, 3.05) is 27.2 Å². The van der Waals surface area contributed by atoms with E-state index < -0.39 is 0 Å². The molecule has 2 N–H and O–H groups in total. The fourth-order valence-corrected chi connectivity index (χ4v) is 2.01. The van der Waals surface area contributed by atoms with Crippen LogP contribution in [0.5, 0.6) is 5.75 Å². The van der Waals surface area contributed by atoms with Gasteiger partial charge in [0.25, 0.3) is 0 Å². The molecule has 0 aliphatic rings. The molecule has 1 unspecified atom stereocenters. The number of nitrogens with one attached hydrogen (secondary N) is 2. The maximum absolute atomic E-state index is 5.89. The summed E-state index contributed by atoms with van der Waals surface area (Å²) in [5, 5.41) is 6.49. The molecule has 5 nitrogen and oxygen atoms in total. The van der Waals surface area contributed by atoms with E-state index in [1.54, 1.807) is 14.2 Å². The van der Waals surface area contributed by atoms with Crippen LogP contribution in [0.2, 0.25) is 0 Å². The molecule has 124 valence electrons. The molecule has 0 bridgehead atoms. The summed E-state index contributed by atoms with van der Waals surface area (Å²) < 4.78 is 12.2. The second-order valence-corrected chi connectivity index (χ2v) is 6.48. The molecule has 0 fully saturated rings. The van der Waals surface area contributed by atoms with Crippen molar-refractivity contribution in [3.8, 4) is 5.75 Å². The van der Waals surface area contributed by atoms with Crippen molar-refractivity contribution in [2.24, 2.45) is 4.99 Å². The zero-order chi connectivity index (χ0) is 16.6. The molecule has 0 heterocycles. The van der Waals surface area contributed by atoms with E-state index in [-0.39, 0.29) is 11.7 Å². The Morgan fingerprint density at radius 1 is 1.32 bits per heavy atom. The van der Waals surface area contributed by atoms with Crippen LogP contribution in [-0.4, -0.2) is 44.9 Å². The summed E-state index contributed by atoms with van der Waals surface area (Å²) in [5.41, 5.74) is -0.241. The minimum Gasteiger partial charge on any atom is -0.488 e. The van der Waals surface area contributed by atoms with Crippen molar-refractivity contribution in [2.45, 2.75) is 32.5 Å². The molecule has 22 heavy (non-hydrogen) atoms. The van der Waals surface area contributed by atoms with Crippen LogP contribution < -0.4 is 15.4 Å². The first-order valence-corrected chi connectivity index (χ1v) is 8.08. The molecular weight excluding hydrogens is 346 g/mol. The summed E-state index contributed by atoms with van der Waals surface area (Å²) in [6.07, 6.45) is 0.00712. The van der Waals surface area contributed by atoms with Crippen LogP contribution in [0, 0.1) is 0 Å². The van der Waals surface area contributed by atoms with Crippen LogP contribution in [0.1, 0.15) is 20.8 Å². The Balaban J connectivity index is 2.42. The lowest BCUT2D eigenvalue weighted by Crippen LogP contribution is -2.47. The van der Waals surface area contributed by atoms with Gasteiger partial charge in [0.1, 0.15) is 11.9 Å². The lowest BCUT2D eigenvalue weighted by atomic mass is 10.1. The summed E-state index contributed by atoms with van der Waals surface area (Å²) in [6, 6.07) is 7.81. The highest BCUT2D eigenvalue weighted by molar-refractivity contribution is 9.10. The number of benzene rings is 1. The van der Waals surface area contributed by atoms with Crippen molar-refractivity contribution in [1.82, 2.24) is 10.6 Å². The van der Waals surface area contributed by atoms with Crippen LogP contribution >= 0.6 is 15.9 Å². The first kappa shape index (κ1) is 18.8. The molecular formula is C16H26BrN3O2. The molecule has 1 aromatic rings. The normalized spacial score (nSPS) is 13.6. The van der Waals surface area contributed by atoms with E-state index >= 15 is 0 Å². The van der Waals surface area contributed by atoms with E-state index in [0.717, 1.165) is 16.2 Å². The van der Waals surface area contributed by atoms with Crippen molar-refractivity contribution in [3.05, 3.63) is 28.7 Å². The highest BCUT2D eigenvalue weighted by atomic mass is 79.9. The van der Waals surface area contributed by atoms with Gasteiger partial charge >= 0.3 is 0 Å². The number of nitrogens with zero attached hydrogens (tertiary/aromatic N) is 1. The smallest absolute Gasteiger partial charge is 0.191 e. The maximum atomic E-state index is 5.89. The van der Waals surface area contributed by atoms with Crippen molar-refractivity contribution in [1.29, 1.82) is 0 Å². The third kappa shape index (κ3) is 6.66. The summed E-state index contributed by atoms with van der Waals surface area (Å²) in [4.78, 5) is 4.20. The summed E-state index contributed by atoms with van der Waals surface area (Å²) in [7, 11) is 3.44. The maximum Gasteiger partial charge on any atom is 0.191 e. The van der Waals surface area contributed by atoms with Gasteiger partial charge in [-0.05, 0) is 48.8 Å². The first-order chi connectivity index (χ1) is 10.4. The van der Waals surface area contributed by atoms with Crippen LogP contribution in [0.25, 0.3) is 0 Å². The summed E-state index contributed by atoms with van der Waals surface area (Å²) >= 11 is 3.48. The monoisotopic (exact) mass is 371 g/mol. The van der Waals surface area contributed by atoms with Crippen molar-refractivity contribution in [3.63, 3.8) is 0 Å². The Kier molecular flexibility index (Phi) is 7.68. The highest BCUT2D eigenvalue weighted by Gasteiger charge is 2.16. The Hall–Kier alpha value is -1.27. The second-order valence-electron chi connectivity index (χ2n) is 5.63. The number of para-hydroxylation sites is 1. The average Bonchev–Trinajstić information content (AvgIpc) is 2.50. The van der Waals surface area contributed by atoms with Gasteiger partial charge in [-0.15, -0.1) is 0 Å². The van der Waals surface area contributed by atoms with Crippen molar-refractivity contribution < 1.29 is 9.47 Å². The zero-order valence-corrected chi connectivity index (χ0v) is 15.5. The van der Waals surface area contributed by atoms with Gasteiger partial charge in [-0.3, -0.25) is 4.99 Å². The van der Waals surface area contributed by atoms with Crippen molar-refractivity contribution >= 4 is 21.9 Å². The Bertz CT molecular complexity index is 492. The van der Waals surface area contributed by atoms with Gasteiger partial charge < -0.3 is 20.1 Å². The highest BCUT2D eigenvalue weighted by Crippen LogP contribution is 2.24. The molecule has 0 spiro atoms. The Labute approximate surface area is 141 Å². The predicted octanol–water partition coefficient (Wildman–Crippen LogP) is 2.81. The fourth-order valence-electron chi connectivity index (χ4n) is 1.63. The van der Waals surface area contributed by atoms with Gasteiger partial charge in [-0.25, -0.2) is 0 Å². The molecule has 0 aromatic heterocycles. The number of hydrogen-bond acceptors (Lipinski definition) is 3. The topological polar surface area (TPSA) is 54.9 Å². The fraction of sp³-hybridized carbons (Fsp3) is 0.562. The molecule has 0 aliphatic heterocycles. The standard InChI is InChI=1S/C16H26BrN3O2/c1-12(22-14-9-7-6-8-13(14)17)10-19-15(18-4)20-11-16(2,3)21-5/h6-9,12H,10-11H2,1-5H3,(H2,18,19,20). The zero-order valence-electron chi connectivity index (χ0n) is 13.9. The summed E-state index contributed by atoms with van der Waals surface area (Å²) in [6.45, 7) is 7.37. The quantitative estimate of drug-likeness (QED) is 0.571. The number of hydrogen-bond donors (Lipinski definition) is 2. The molecule has 0 saturated heterocycles. The van der Waals surface area contributed by atoms with E-state index in [2.05, 4.69) is 31.6 Å². The number of halogens is 1. The number of rotatable bonds is 7. The lowest BCUT2D eigenvalue weighted by Gasteiger charge is -2.25. The lowest BCUT2D eigenvalue weighted by molar-refractivity contribution is 0.0268. The van der Waals surface area contributed by atoms with E-state index in [4.69, 9.17) is 9.47 Å². The van der Waals surface area contributed by atoms with E-state index in [1.807, 2.05) is 45.0 Å². The Morgan fingerprint density at radius 2 is 2.00 bits per heavy atom. The molecule has 0 aliphatic carbocycles. The number of methoxy groups -OCH3 is 1. The van der Waals surface area contributed by atoms with Crippen LogP contribution in [-0.2, 0) is 4.74 Å². The first-order valence-electron chi connectivity index (χ1n) is 7.29. The van der Waals surface area contributed by atoms with E-state index in [0.29, 0.717) is 13.1 Å². The molecule has 1 rings (SSSR count). The minimum atomic E-state index is -0.241. The van der Waals surface area contributed by atoms with Crippen LogP contribution in [0.15, 0.2) is 33.7 Å². The van der Waals surface area contributed by atoms with E-state index in [1.165, 1.54) is 0 Å². The Morgan fingerprint density at radius 3 is 2.59 bits per heavy atom. The largest absolute Gasteiger partial charge is 0.488 e. The molecule has 6 heteroatoms. The average molecular weight is 372 g/mol. The number of guanidine groups is 1. The SMILES string of the molecule is CN=C(NCC(C)Oc1ccccc1Br)NCC(C)(C)OC. The third-order valence-electron chi connectivity index (χ3n) is 3.18. The van der Waals surface area contributed by atoms with Gasteiger partial charge in [0.2, 0.25) is 0 Å². The van der Waals surface area contributed by atoms with Gasteiger partial charge in [-0.1, -0.05) is 12.1 Å². The van der Waals surface area contributed by atoms with E-state index in [9.17, 15) is 0 Å². The summed E-state index contributed by atoms with van der Waals surface area (Å²) in [5.74, 6) is 1.56. The van der Waals surface area contributed by atoms with Gasteiger partial charge in [0.15, 0.2) is 5.96 Å². The van der Waals surface area contributed by atoms with Gasteiger partial charge in [0.05, 0.1) is 16.6 Å². The molecule has 0 amide bonds. The van der Waals surface area contributed by atoms with Crippen LogP contribution in [0.3, 0.4) is 0 Å². The molecule has 0 radical (unpaired) electrons. The molecule has 0 saturated carbocycles. The number of aliphatic imine (C=N–C) groups is 1. The second kappa shape index (κ2) is 9.00. The number of ether oxygens (including phenoxy) is 2. The van der Waals surface area contributed by atoms with Gasteiger partial charge in [-0.2, -0.15) is 0 Å². The molecule has 1 aromatic carbocycles. The van der Waals surface area contributed by atoms with Gasteiger partial charge in [0, 0.05) is 20.7 Å². The third-order valence-corrected chi connectivity index (χ3v) is 3.83. The predicted molar refractivity (Wildman–Crippen MR) is 94.7 cm³/mol. The molecule has 1 atom stereocenters.